The Morgan fingerprint density at radius 3 is 2.84 bits per heavy atom. The van der Waals surface area contributed by atoms with Gasteiger partial charge in [0.25, 0.3) is 0 Å². The van der Waals surface area contributed by atoms with Crippen LogP contribution in [0.25, 0.3) is 0 Å². The van der Waals surface area contributed by atoms with Crippen molar-refractivity contribution in [2.24, 2.45) is 0 Å². The predicted octanol–water partition coefficient (Wildman–Crippen LogP) is 1.80. The van der Waals surface area contributed by atoms with Crippen molar-refractivity contribution in [2.75, 3.05) is 13.2 Å². The highest BCUT2D eigenvalue weighted by molar-refractivity contribution is 5.69. The van der Waals surface area contributed by atoms with Gasteiger partial charge >= 0.3 is 11.7 Å². The van der Waals surface area contributed by atoms with Crippen LogP contribution in [-0.2, 0) is 9.53 Å². The minimum absolute atomic E-state index is 0.00496. The Morgan fingerprint density at radius 1 is 1.53 bits per heavy atom. The average molecular weight is 264 g/mol. The van der Waals surface area contributed by atoms with Crippen molar-refractivity contribution in [1.29, 1.82) is 5.26 Å². The van der Waals surface area contributed by atoms with E-state index in [4.69, 9.17) is 14.7 Å². The molecule has 0 unspecified atom stereocenters. The van der Waals surface area contributed by atoms with Gasteiger partial charge in [-0.3, -0.25) is 14.9 Å². The SMILES string of the molecule is CCOC(=O)CCOc1ccc(C#N)cc1[N+](=O)[O-]. The Balaban J connectivity index is 2.70. The topological polar surface area (TPSA) is 102 Å². The molecule has 0 heterocycles. The lowest BCUT2D eigenvalue weighted by molar-refractivity contribution is -0.385. The number of nitrogens with zero attached hydrogens (tertiary/aromatic N) is 2. The zero-order chi connectivity index (χ0) is 14.3. The number of ether oxygens (including phenoxy) is 2. The number of carbonyl (C=O) groups excluding carboxylic acids is 1. The molecule has 0 saturated carbocycles. The van der Waals surface area contributed by atoms with Crippen molar-refractivity contribution < 1.29 is 19.2 Å². The van der Waals surface area contributed by atoms with Gasteiger partial charge in [-0.25, -0.2) is 0 Å². The summed E-state index contributed by atoms with van der Waals surface area (Å²) in [6.45, 7) is 1.94. The zero-order valence-electron chi connectivity index (χ0n) is 10.3. The number of esters is 1. The minimum atomic E-state index is -0.638. The Morgan fingerprint density at radius 2 is 2.26 bits per heavy atom. The second-order valence-electron chi connectivity index (χ2n) is 3.45. The summed E-state index contributed by atoms with van der Waals surface area (Å²) in [5.74, 6) is -0.410. The van der Waals surface area contributed by atoms with Crippen LogP contribution in [0.2, 0.25) is 0 Å². The van der Waals surface area contributed by atoms with E-state index in [2.05, 4.69) is 0 Å². The van der Waals surface area contributed by atoms with Crippen LogP contribution in [0.5, 0.6) is 5.75 Å². The number of nitro benzene ring substituents is 1. The molecule has 1 aromatic carbocycles. The number of benzene rings is 1. The van der Waals surface area contributed by atoms with Crippen molar-refractivity contribution in [3.8, 4) is 11.8 Å². The highest BCUT2D eigenvalue weighted by Crippen LogP contribution is 2.27. The molecule has 0 aliphatic heterocycles. The first kappa shape index (κ1) is 14.4. The van der Waals surface area contributed by atoms with Gasteiger partial charge < -0.3 is 9.47 Å². The maximum Gasteiger partial charge on any atom is 0.312 e. The molecule has 0 atom stereocenters. The summed E-state index contributed by atoms with van der Waals surface area (Å²) in [5, 5.41) is 19.5. The van der Waals surface area contributed by atoms with Crippen LogP contribution in [0.3, 0.4) is 0 Å². The van der Waals surface area contributed by atoms with Crippen molar-refractivity contribution in [1.82, 2.24) is 0 Å². The first-order valence-electron chi connectivity index (χ1n) is 5.55. The maximum absolute atomic E-state index is 11.1. The molecule has 0 amide bonds. The first-order valence-corrected chi connectivity index (χ1v) is 5.55. The van der Waals surface area contributed by atoms with Crippen LogP contribution in [0, 0.1) is 21.4 Å². The second kappa shape index (κ2) is 6.96. The molecule has 19 heavy (non-hydrogen) atoms. The van der Waals surface area contributed by atoms with E-state index in [9.17, 15) is 14.9 Å². The molecular formula is C12H12N2O5. The zero-order valence-corrected chi connectivity index (χ0v) is 10.3. The Labute approximate surface area is 109 Å². The highest BCUT2D eigenvalue weighted by Gasteiger charge is 2.16. The largest absolute Gasteiger partial charge is 0.486 e. The van der Waals surface area contributed by atoms with E-state index in [1.165, 1.54) is 12.1 Å². The Hall–Kier alpha value is -2.62. The molecule has 0 aliphatic rings. The quantitative estimate of drug-likeness (QED) is 0.441. The van der Waals surface area contributed by atoms with E-state index in [1.54, 1.807) is 13.0 Å². The Bertz CT molecular complexity index is 521. The second-order valence-corrected chi connectivity index (χ2v) is 3.45. The number of carbonyl (C=O) groups is 1. The monoisotopic (exact) mass is 264 g/mol. The van der Waals surface area contributed by atoms with Gasteiger partial charge in [0.05, 0.1) is 36.2 Å². The lowest BCUT2D eigenvalue weighted by Crippen LogP contribution is -2.10. The molecular weight excluding hydrogens is 252 g/mol. The predicted molar refractivity (Wildman–Crippen MR) is 64.6 cm³/mol. The third kappa shape index (κ3) is 4.27. The van der Waals surface area contributed by atoms with E-state index in [-0.39, 0.29) is 36.6 Å². The summed E-state index contributed by atoms with van der Waals surface area (Å²) in [5.41, 5.74) is -0.132. The van der Waals surface area contributed by atoms with Crippen molar-refractivity contribution in [3.05, 3.63) is 33.9 Å². The van der Waals surface area contributed by atoms with E-state index >= 15 is 0 Å². The van der Waals surface area contributed by atoms with E-state index in [0.717, 1.165) is 6.07 Å². The van der Waals surface area contributed by atoms with Gasteiger partial charge in [0.2, 0.25) is 0 Å². The summed E-state index contributed by atoms with van der Waals surface area (Å²) in [6.07, 6.45) is 0.00496. The summed E-state index contributed by atoms with van der Waals surface area (Å²) >= 11 is 0. The first-order chi connectivity index (χ1) is 9.08. The molecule has 1 rings (SSSR count). The number of hydrogen-bond donors (Lipinski definition) is 0. The van der Waals surface area contributed by atoms with Gasteiger partial charge in [0.15, 0.2) is 5.75 Å². The summed E-state index contributed by atoms with van der Waals surface area (Å²) < 4.78 is 9.86. The fourth-order valence-electron chi connectivity index (χ4n) is 1.33. The third-order valence-electron chi connectivity index (χ3n) is 2.15. The van der Waals surface area contributed by atoms with Gasteiger partial charge in [-0.2, -0.15) is 5.26 Å². The van der Waals surface area contributed by atoms with E-state index < -0.39 is 10.9 Å². The molecule has 0 N–H and O–H groups in total. The molecule has 0 aromatic heterocycles. The van der Waals surface area contributed by atoms with Crippen LogP contribution in [0.4, 0.5) is 5.69 Å². The molecule has 1 aromatic rings. The van der Waals surface area contributed by atoms with Crippen LogP contribution in [0.1, 0.15) is 18.9 Å². The molecule has 0 spiro atoms. The van der Waals surface area contributed by atoms with Crippen molar-refractivity contribution in [3.63, 3.8) is 0 Å². The molecule has 7 heteroatoms. The van der Waals surface area contributed by atoms with Crippen LogP contribution in [-0.4, -0.2) is 24.1 Å². The lowest BCUT2D eigenvalue weighted by Gasteiger charge is -2.06. The van der Waals surface area contributed by atoms with E-state index in [1.807, 2.05) is 0 Å². The van der Waals surface area contributed by atoms with E-state index in [0.29, 0.717) is 0 Å². The van der Waals surface area contributed by atoms with Gasteiger partial charge in [-0.15, -0.1) is 0 Å². The number of nitriles is 1. The maximum atomic E-state index is 11.1. The lowest BCUT2D eigenvalue weighted by atomic mass is 10.2. The van der Waals surface area contributed by atoms with Crippen LogP contribution >= 0.6 is 0 Å². The molecule has 100 valence electrons. The van der Waals surface area contributed by atoms with Gasteiger partial charge in [0.1, 0.15) is 0 Å². The highest BCUT2D eigenvalue weighted by atomic mass is 16.6. The summed E-state index contributed by atoms with van der Waals surface area (Å²) in [6, 6.07) is 5.68. The minimum Gasteiger partial charge on any atom is -0.486 e. The van der Waals surface area contributed by atoms with Gasteiger partial charge in [0, 0.05) is 6.07 Å². The van der Waals surface area contributed by atoms with Gasteiger partial charge in [-0.1, -0.05) is 0 Å². The summed E-state index contributed by atoms with van der Waals surface area (Å²) in [4.78, 5) is 21.2. The third-order valence-corrected chi connectivity index (χ3v) is 2.15. The fourth-order valence-corrected chi connectivity index (χ4v) is 1.33. The van der Waals surface area contributed by atoms with Crippen molar-refractivity contribution >= 4 is 11.7 Å². The standard InChI is InChI=1S/C12H12N2O5/c1-2-18-12(15)5-6-19-11-4-3-9(8-13)7-10(11)14(16)17/h3-4,7H,2,5-6H2,1H3. The fraction of sp³-hybridized carbons (Fsp3) is 0.333. The van der Waals surface area contributed by atoms with Crippen LogP contribution in [0.15, 0.2) is 18.2 Å². The van der Waals surface area contributed by atoms with Crippen molar-refractivity contribution in [2.45, 2.75) is 13.3 Å². The molecule has 0 bridgehead atoms. The van der Waals surface area contributed by atoms with Crippen LogP contribution < -0.4 is 4.74 Å². The molecule has 0 aliphatic carbocycles. The summed E-state index contributed by atoms with van der Waals surface area (Å²) in [7, 11) is 0. The molecule has 0 fully saturated rings. The van der Waals surface area contributed by atoms with Gasteiger partial charge in [-0.05, 0) is 19.1 Å². The molecule has 0 radical (unpaired) electrons. The normalized spacial score (nSPS) is 9.47. The number of nitro groups is 1. The molecule has 7 nitrogen and oxygen atoms in total. The number of hydrogen-bond acceptors (Lipinski definition) is 6. The number of rotatable bonds is 6. The molecule has 0 saturated heterocycles. The Kier molecular flexibility index (Phi) is 5.29. The smallest absolute Gasteiger partial charge is 0.312 e. The average Bonchev–Trinajstić information content (AvgIpc) is 2.39.